The van der Waals surface area contributed by atoms with Gasteiger partial charge in [0.15, 0.2) is 0 Å². The number of carbonyl (C=O) groups is 1. The maximum absolute atomic E-state index is 13.3. The number of carbonyl (C=O) groups excluding carboxylic acids is 1. The summed E-state index contributed by atoms with van der Waals surface area (Å²) in [7, 11) is 1.65. The minimum atomic E-state index is -0.418. The molecule has 0 spiro atoms. The molecule has 1 N–H and O–H groups in total. The molecule has 0 radical (unpaired) electrons. The lowest BCUT2D eigenvalue weighted by molar-refractivity contribution is -0.122. The van der Waals surface area contributed by atoms with Crippen LogP contribution in [0.3, 0.4) is 0 Å². The number of hydrogen-bond donors (Lipinski definition) is 1. The molecule has 25 heavy (non-hydrogen) atoms. The van der Waals surface area contributed by atoms with Crippen molar-refractivity contribution in [3.05, 3.63) is 59.2 Å². The van der Waals surface area contributed by atoms with E-state index in [1.807, 2.05) is 25.1 Å². The van der Waals surface area contributed by atoms with Crippen LogP contribution in [0.15, 0.2) is 42.5 Å². The van der Waals surface area contributed by atoms with Crippen LogP contribution in [0.25, 0.3) is 0 Å². The topological polar surface area (TPSA) is 38.3 Å². The Kier molecular flexibility index (Phi) is 5.12. The summed E-state index contributed by atoms with van der Waals surface area (Å²) in [6.45, 7) is 4.08. The smallest absolute Gasteiger partial charge is 0.235 e. The second kappa shape index (κ2) is 7.30. The Bertz CT molecular complexity index is 743. The third-order valence-corrected chi connectivity index (χ3v) is 5.43. The van der Waals surface area contributed by atoms with Crippen molar-refractivity contribution in [2.75, 3.05) is 12.4 Å². The molecule has 0 saturated heterocycles. The number of ether oxygens (including phenoxy) is 1. The largest absolute Gasteiger partial charge is 0.497 e. The molecule has 0 unspecified atom stereocenters. The van der Waals surface area contributed by atoms with Crippen LogP contribution < -0.4 is 10.1 Å². The molecular formula is C22H27NO2. The third-order valence-electron chi connectivity index (χ3n) is 5.43. The number of nitrogens with one attached hydrogen (secondary N) is 1. The van der Waals surface area contributed by atoms with Crippen LogP contribution >= 0.6 is 0 Å². The Balaban J connectivity index is 1.91. The van der Waals surface area contributed by atoms with Crippen molar-refractivity contribution < 1.29 is 9.53 Å². The van der Waals surface area contributed by atoms with Crippen LogP contribution in [0.1, 0.15) is 48.8 Å². The first-order valence-corrected chi connectivity index (χ1v) is 9.08. The van der Waals surface area contributed by atoms with Gasteiger partial charge in [-0.3, -0.25) is 4.79 Å². The molecule has 1 aliphatic rings. The Morgan fingerprint density at radius 2 is 1.68 bits per heavy atom. The van der Waals surface area contributed by atoms with Crippen LogP contribution in [-0.2, 0) is 10.2 Å². The molecule has 1 aliphatic carbocycles. The first kappa shape index (κ1) is 17.5. The number of hydrogen-bond acceptors (Lipinski definition) is 2. The van der Waals surface area contributed by atoms with Gasteiger partial charge in [-0.25, -0.2) is 0 Å². The molecule has 0 aromatic heterocycles. The zero-order valence-corrected chi connectivity index (χ0v) is 15.4. The highest BCUT2D eigenvalue weighted by molar-refractivity contribution is 5.99. The van der Waals surface area contributed by atoms with Gasteiger partial charge in [0.2, 0.25) is 5.91 Å². The highest BCUT2D eigenvalue weighted by Gasteiger charge is 2.41. The quantitative estimate of drug-likeness (QED) is 0.837. The van der Waals surface area contributed by atoms with E-state index in [9.17, 15) is 4.79 Å². The summed E-state index contributed by atoms with van der Waals surface area (Å²) in [6.07, 6.45) is 5.24. The lowest BCUT2D eigenvalue weighted by atomic mass is 9.68. The van der Waals surface area contributed by atoms with E-state index < -0.39 is 5.41 Å². The van der Waals surface area contributed by atoms with Crippen LogP contribution in [0, 0.1) is 13.8 Å². The molecule has 2 aromatic rings. The molecule has 0 bridgehead atoms. The summed E-state index contributed by atoms with van der Waals surface area (Å²) in [5, 5.41) is 3.19. The zero-order chi connectivity index (χ0) is 17.9. The van der Waals surface area contributed by atoms with E-state index in [2.05, 4.69) is 36.5 Å². The minimum Gasteiger partial charge on any atom is -0.497 e. The Hall–Kier alpha value is -2.29. The molecular weight excluding hydrogens is 310 g/mol. The van der Waals surface area contributed by atoms with Gasteiger partial charge in [0.05, 0.1) is 12.5 Å². The average molecular weight is 337 g/mol. The Morgan fingerprint density at radius 3 is 2.28 bits per heavy atom. The van der Waals surface area contributed by atoms with E-state index in [1.165, 1.54) is 12.0 Å². The molecule has 1 saturated carbocycles. The van der Waals surface area contributed by atoms with Crippen molar-refractivity contribution in [2.24, 2.45) is 0 Å². The van der Waals surface area contributed by atoms with Crippen molar-refractivity contribution in [1.82, 2.24) is 0 Å². The highest BCUT2D eigenvalue weighted by Crippen LogP contribution is 2.41. The molecule has 3 nitrogen and oxygen atoms in total. The van der Waals surface area contributed by atoms with Crippen molar-refractivity contribution in [3.8, 4) is 5.75 Å². The van der Waals surface area contributed by atoms with Crippen LogP contribution in [0.5, 0.6) is 5.75 Å². The normalized spacial score (nSPS) is 16.3. The highest BCUT2D eigenvalue weighted by atomic mass is 16.5. The van der Waals surface area contributed by atoms with E-state index >= 15 is 0 Å². The zero-order valence-electron chi connectivity index (χ0n) is 15.4. The van der Waals surface area contributed by atoms with Gasteiger partial charge >= 0.3 is 0 Å². The van der Waals surface area contributed by atoms with Gasteiger partial charge in [-0.15, -0.1) is 0 Å². The summed E-state index contributed by atoms with van der Waals surface area (Å²) in [4.78, 5) is 13.3. The maximum Gasteiger partial charge on any atom is 0.235 e. The van der Waals surface area contributed by atoms with Crippen LogP contribution in [-0.4, -0.2) is 13.0 Å². The van der Waals surface area contributed by atoms with Crippen LogP contribution in [0.2, 0.25) is 0 Å². The molecule has 3 heteroatoms. The first-order chi connectivity index (χ1) is 12.0. The molecule has 1 fully saturated rings. The molecule has 1 amide bonds. The summed E-state index contributed by atoms with van der Waals surface area (Å²) in [5.74, 6) is 0.922. The van der Waals surface area contributed by atoms with E-state index in [4.69, 9.17) is 4.74 Å². The summed E-state index contributed by atoms with van der Waals surface area (Å²) >= 11 is 0. The molecule has 3 rings (SSSR count). The monoisotopic (exact) mass is 337 g/mol. The SMILES string of the molecule is COc1ccc(NC(=O)C2(c3ccc(C)cc3)CCCCC2)c(C)c1. The lowest BCUT2D eigenvalue weighted by Crippen LogP contribution is -2.42. The second-order valence-corrected chi connectivity index (χ2v) is 7.14. The van der Waals surface area contributed by atoms with Gasteiger partial charge in [-0.2, -0.15) is 0 Å². The van der Waals surface area contributed by atoms with E-state index in [0.29, 0.717) is 0 Å². The van der Waals surface area contributed by atoms with E-state index in [1.54, 1.807) is 7.11 Å². The van der Waals surface area contributed by atoms with Gasteiger partial charge in [-0.1, -0.05) is 49.1 Å². The van der Waals surface area contributed by atoms with Gasteiger partial charge in [0, 0.05) is 5.69 Å². The van der Waals surface area contributed by atoms with Crippen LogP contribution in [0.4, 0.5) is 5.69 Å². The van der Waals surface area contributed by atoms with Gasteiger partial charge < -0.3 is 10.1 Å². The van der Waals surface area contributed by atoms with Crippen molar-refractivity contribution in [3.63, 3.8) is 0 Å². The van der Waals surface area contributed by atoms with Gasteiger partial charge in [0.1, 0.15) is 5.75 Å². The van der Waals surface area contributed by atoms with Crippen molar-refractivity contribution in [1.29, 1.82) is 0 Å². The van der Waals surface area contributed by atoms with Gasteiger partial charge in [0.25, 0.3) is 0 Å². The molecule has 0 aliphatic heterocycles. The number of rotatable bonds is 4. The number of benzene rings is 2. The fraction of sp³-hybridized carbons (Fsp3) is 0.409. The summed E-state index contributed by atoms with van der Waals surface area (Å²) in [6, 6.07) is 14.2. The first-order valence-electron chi connectivity index (χ1n) is 9.08. The molecule has 2 aromatic carbocycles. The minimum absolute atomic E-state index is 0.115. The predicted molar refractivity (Wildman–Crippen MR) is 102 cm³/mol. The second-order valence-electron chi connectivity index (χ2n) is 7.14. The number of anilines is 1. The Labute approximate surface area is 150 Å². The number of amides is 1. The molecule has 132 valence electrons. The van der Waals surface area contributed by atoms with E-state index in [0.717, 1.165) is 48.2 Å². The predicted octanol–water partition coefficient (Wildman–Crippen LogP) is 5.15. The fourth-order valence-corrected chi connectivity index (χ4v) is 3.82. The summed E-state index contributed by atoms with van der Waals surface area (Å²) in [5.41, 5.74) is 3.83. The third kappa shape index (κ3) is 3.55. The van der Waals surface area contributed by atoms with E-state index in [-0.39, 0.29) is 5.91 Å². The lowest BCUT2D eigenvalue weighted by Gasteiger charge is -2.36. The summed E-state index contributed by atoms with van der Waals surface area (Å²) < 4.78 is 5.26. The molecule has 0 atom stereocenters. The van der Waals surface area contributed by atoms with Crippen molar-refractivity contribution in [2.45, 2.75) is 51.4 Å². The maximum atomic E-state index is 13.3. The average Bonchev–Trinajstić information content (AvgIpc) is 2.64. The number of aryl methyl sites for hydroxylation is 2. The van der Waals surface area contributed by atoms with Crippen molar-refractivity contribution >= 4 is 11.6 Å². The fourth-order valence-electron chi connectivity index (χ4n) is 3.82. The number of methoxy groups -OCH3 is 1. The van der Waals surface area contributed by atoms with Gasteiger partial charge in [-0.05, 0) is 56.0 Å². The standard InChI is InChI=1S/C22H27NO2/c1-16-7-9-18(10-8-16)22(13-5-4-6-14-22)21(24)23-20-12-11-19(25-3)15-17(20)2/h7-12,15H,4-6,13-14H2,1-3H3,(H,23,24). The Morgan fingerprint density at radius 1 is 1.00 bits per heavy atom. The molecule has 0 heterocycles.